The fourth-order valence-corrected chi connectivity index (χ4v) is 1.64. The monoisotopic (exact) mass is 201 g/mol. The summed E-state index contributed by atoms with van der Waals surface area (Å²) in [6.45, 7) is 3.05. The smallest absolute Gasteiger partial charge is 0.161 e. The Morgan fingerprint density at radius 3 is 2.47 bits per heavy atom. The Kier molecular flexibility index (Phi) is 2.15. The Hall–Kier alpha value is -1.90. The van der Waals surface area contributed by atoms with Gasteiger partial charge in [0.15, 0.2) is 11.6 Å². The third kappa shape index (κ3) is 1.56. The minimum Gasteiger partial charge on any atom is -0.360 e. The molecule has 76 valence electrons. The highest BCUT2D eigenvalue weighted by Crippen LogP contribution is 2.20. The lowest BCUT2D eigenvalue weighted by Crippen LogP contribution is -1.92. The number of benzene rings is 1. The number of aromatic amines is 1. The zero-order valence-corrected chi connectivity index (χ0v) is 8.63. The van der Waals surface area contributed by atoms with Crippen LogP contribution in [0.25, 0.3) is 10.9 Å². The van der Waals surface area contributed by atoms with Crippen molar-refractivity contribution < 1.29 is 9.59 Å². The first-order valence-electron chi connectivity index (χ1n) is 4.72. The molecule has 0 aliphatic rings. The van der Waals surface area contributed by atoms with E-state index >= 15 is 0 Å². The first-order valence-corrected chi connectivity index (χ1v) is 4.72. The van der Waals surface area contributed by atoms with Crippen molar-refractivity contribution >= 4 is 22.5 Å². The molecule has 1 aromatic carbocycles. The quantitative estimate of drug-likeness (QED) is 0.759. The highest BCUT2D eigenvalue weighted by atomic mass is 16.1. The lowest BCUT2D eigenvalue weighted by molar-refractivity contribution is 0.101. The summed E-state index contributed by atoms with van der Waals surface area (Å²) in [5.74, 6) is 0.0488. The number of hydrogen-bond donors (Lipinski definition) is 1. The van der Waals surface area contributed by atoms with E-state index in [1.165, 1.54) is 13.8 Å². The van der Waals surface area contributed by atoms with Crippen LogP contribution in [0, 0.1) is 0 Å². The molecule has 0 unspecified atom stereocenters. The van der Waals surface area contributed by atoms with E-state index in [4.69, 9.17) is 0 Å². The van der Waals surface area contributed by atoms with E-state index in [0.29, 0.717) is 11.1 Å². The number of fused-ring (bicyclic) bond motifs is 1. The lowest BCUT2D eigenvalue weighted by atomic mass is 10.1. The molecule has 0 spiro atoms. The third-order valence-corrected chi connectivity index (χ3v) is 2.47. The summed E-state index contributed by atoms with van der Waals surface area (Å²) >= 11 is 0. The van der Waals surface area contributed by atoms with Gasteiger partial charge in [0.05, 0.1) is 0 Å². The van der Waals surface area contributed by atoms with Crippen LogP contribution in [0.3, 0.4) is 0 Å². The number of hydrogen-bond acceptors (Lipinski definition) is 2. The number of carbonyl (C=O) groups excluding carboxylic acids is 2. The van der Waals surface area contributed by atoms with Gasteiger partial charge in [0.1, 0.15) is 0 Å². The summed E-state index contributed by atoms with van der Waals surface area (Å²) in [5, 5.41) is 0.868. The van der Waals surface area contributed by atoms with Crippen LogP contribution >= 0.6 is 0 Å². The Morgan fingerprint density at radius 2 is 1.87 bits per heavy atom. The van der Waals surface area contributed by atoms with E-state index in [0.717, 1.165) is 10.9 Å². The van der Waals surface area contributed by atoms with Crippen molar-refractivity contribution in [3.63, 3.8) is 0 Å². The molecule has 2 rings (SSSR count). The van der Waals surface area contributed by atoms with Crippen molar-refractivity contribution in [1.29, 1.82) is 0 Å². The predicted molar refractivity (Wildman–Crippen MR) is 58.3 cm³/mol. The van der Waals surface area contributed by atoms with E-state index in [2.05, 4.69) is 4.98 Å². The van der Waals surface area contributed by atoms with Crippen LogP contribution < -0.4 is 0 Å². The molecule has 0 bridgehead atoms. The molecule has 0 aliphatic carbocycles. The third-order valence-electron chi connectivity index (χ3n) is 2.47. The molecule has 1 aromatic heterocycles. The van der Waals surface area contributed by atoms with Crippen molar-refractivity contribution in [3.8, 4) is 0 Å². The second kappa shape index (κ2) is 3.35. The topological polar surface area (TPSA) is 49.9 Å². The molecular weight excluding hydrogens is 190 g/mol. The normalized spacial score (nSPS) is 10.5. The molecule has 0 atom stereocenters. The molecule has 0 amide bonds. The molecular formula is C12H11NO2. The summed E-state index contributed by atoms with van der Waals surface area (Å²) in [7, 11) is 0. The van der Waals surface area contributed by atoms with Gasteiger partial charge in [-0.15, -0.1) is 0 Å². The van der Waals surface area contributed by atoms with Gasteiger partial charge in [-0.05, 0) is 19.9 Å². The van der Waals surface area contributed by atoms with Crippen molar-refractivity contribution in [2.24, 2.45) is 0 Å². The molecule has 1 N–H and O–H groups in total. The molecule has 0 radical (unpaired) electrons. The van der Waals surface area contributed by atoms with Crippen LogP contribution in [0.4, 0.5) is 0 Å². The summed E-state index contributed by atoms with van der Waals surface area (Å²) in [4.78, 5) is 25.4. The summed E-state index contributed by atoms with van der Waals surface area (Å²) in [5.41, 5.74) is 2.15. The number of carbonyl (C=O) groups is 2. The number of H-pyrrole nitrogens is 1. The first-order chi connectivity index (χ1) is 7.09. The average molecular weight is 201 g/mol. The molecule has 3 heteroatoms. The van der Waals surface area contributed by atoms with Gasteiger partial charge in [0.25, 0.3) is 0 Å². The fraction of sp³-hybridized carbons (Fsp3) is 0.167. The Labute approximate surface area is 87.1 Å². The van der Waals surface area contributed by atoms with Gasteiger partial charge in [-0.3, -0.25) is 9.59 Å². The zero-order valence-electron chi connectivity index (χ0n) is 8.63. The number of rotatable bonds is 2. The van der Waals surface area contributed by atoms with Crippen LogP contribution in [0.2, 0.25) is 0 Å². The van der Waals surface area contributed by atoms with Gasteiger partial charge >= 0.3 is 0 Å². The van der Waals surface area contributed by atoms with Crippen LogP contribution in [0.1, 0.15) is 34.6 Å². The number of aromatic nitrogens is 1. The van der Waals surface area contributed by atoms with Crippen LogP contribution in [0.5, 0.6) is 0 Å². The second-order valence-corrected chi connectivity index (χ2v) is 3.58. The highest BCUT2D eigenvalue weighted by Gasteiger charge is 2.08. The van der Waals surface area contributed by atoms with Crippen molar-refractivity contribution in [2.75, 3.05) is 0 Å². The number of nitrogens with one attached hydrogen (secondary N) is 1. The Bertz CT molecular complexity index is 552. The van der Waals surface area contributed by atoms with Gasteiger partial charge in [-0.1, -0.05) is 12.1 Å². The lowest BCUT2D eigenvalue weighted by Gasteiger charge is -1.96. The fourth-order valence-electron chi connectivity index (χ4n) is 1.64. The molecule has 15 heavy (non-hydrogen) atoms. The summed E-state index contributed by atoms with van der Waals surface area (Å²) < 4.78 is 0. The van der Waals surface area contributed by atoms with Gasteiger partial charge in [-0.2, -0.15) is 0 Å². The number of Topliss-reactive ketones (excluding diaryl/α,β-unsaturated/α-hetero) is 2. The maximum absolute atomic E-state index is 11.3. The standard InChI is InChI=1S/C12H11NO2/c1-7(14)9-3-4-10-11(8(2)15)6-13-12(10)5-9/h3-6,13H,1-2H3. The van der Waals surface area contributed by atoms with E-state index in [-0.39, 0.29) is 11.6 Å². The van der Waals surface area contributed by atoms with Crippen LogP contribution in [0.15, 0.2) is 24.4 Å². The molecule has 0 aliphatic heterocycles. The second-order valence-electron chi connectivity index (χ2n) is 3.58. The predicted octanol–water partition coefficient (Wildman–Crippen LogP) is 2.57. The molecule has 2 aromatic rings. The largest absolute Gasteiger partial charge is 0.360 e. The maximum Gasteiger partial charge on any atom is 0.161 e. The Balaban J connectivity index is 2.66. The molecule has 0 fully saturated rings. The van der Waals surface area contributed by atoms with E-state index in [1.807, 2.05) is 0 Å². The van der Waals surface area contributed by atoms with Crippen molar-refractivity contribution in [3.05, 3.63) is 35.5 Å². The van der Waals surface area contributed by atoms with E-state index in [1.54, 1.807) is 24.4 Å². The van der Waals surface area contributed by atoms with Gasteiger partial charge in [-0.25, -0.2) is 0 Å². The van der Waals surface area contributed by atoms with Gasteiger partial charge in [0.2, 0.25) is 0 Å². The Morgan fingerprint density at radius 1 is 1.13 bits per heavy atom. The van der Waals surface area contributed by atoms with E-state index < -0.39 is 0 Å². The van der Waals surface area contributed by atoms with Gasteiger partial charge in [0, 0.05) is 28.2 Å². The molecule has 0 saturated heterocycles. The maximum atomic E-state index is 11.3. The average Bonchev–Trinajstić information content (AvgIpc) is 2.59. The molecule has 1 heterocycles. The number of ketones is 2. The minimum atomic E-state index is 0.0240. The van der Waals surface area contributed by atoms with Crippen LogP contribution in [-0.2, 0) is 0 Å². The van der Waals surface area contributed by atoms with E-state index in [9.17, 15) is 9.59 Å². The minimum absolute atomic E-state index is 0.0240. The van der Waals surface area contributed by atoms with Crippen molar-refractivity contribution in [1.82, 2.24) is 4.98 Å². The van der Waals surface area contributed by atoms with Gasteiger partial charge < -0.3 is 4.98 Å². The summed E-state index contributed by atoms with van der Waals surface area (Å²) in [6, 6.07) is 5.31. The summed E-state index contributed by atoms with van der Waals surface area (Å²) in [6.07, 6.45) is 1.68. The van der Waals surface area contributed by atoms with Crippen LogP contribution in [-0.4, -0.2) is 16.6 Å². The highest BCUT2D eigenvalue weighted by molar-refractivity contribution is 6.08. The molecule has 3 nitrogen and oxygen atoms in total. The molecule has 0 saturated carbocycles. The van der Waals surface area contributed by atoms with Crippen molar-refractivity contribution in [2.45, 2.75) is 13.8 Å². The zero-order chi connectivity index (χ0) is 11.0. The SMILES string of the molecule is CC(=O)c1ccc2c(C(C)=O)c[nH]c2c1. The first kappa shape index (κ1) is 9.65.